The van der Waals surface area contributed by atoms with Gasteiger partial charge >= 0.3 is 0 Å². The Morgan fingerprint density at radius 2 is 2.06 bits per heavy atom. The highest BCUT2D eigenvalue weighted by Gasteiger charge is 2.33. The Hall–Kier alpha value is -3.07. The average molecular weight is 448 g/mol. The van der Waals surface area contributed by atoms with Crippen LogP contribution in [0.1, 0.15) is 35.3 Å². The van der Waals surface area contributed by atoms with Crippen LogP contribution in [-0.4, -0.2) is 39.9 Å². The number of fused-ring (bicyclic) bond motifs is 1. The standard InChI is InChI=1S/C21H20ClF2N5O2/c1-12-16(22)10-15(18(27-12)29-7-2-5-21(23,24)6-8-29)20(31)28-13-3-4-17-14(9-13)19(30)26-11-25-17/h3-4,9-11H,2,5-8H2,1H3,(H,28,31)(H,25,26,30). The Morgan fingerprint density at radius 3 is 2.87 bits per heavy atom. The summed E-state index contributed by atoms with van der Waals surface area (Å²) in [4.78, 5) is 37.8. The minimum atomic E-state index is -2.73. The van der Waals surface area contributed by atoms with Gasteiger partial charge in [-0.05, 0) is 37.6 Å². The fourth-order valence-corrected chi connectivity index (χ4v) is 3.75. The molecule has 0 atom stereocenters. The molecule has 0 spiro atoms. The number of anilines is 2. The second-order valence-electron chi connectivity index (χ2n) is 7.54. The number of nitrogens with one attached hydrogen (secondary N) is 2. The molecule has 1 aliphatic heterocycles. The van der Waals surface area contributed by atoms with E-state index in [4.69, 9.17) is 11.6 Å². The number of halogens is 3. The molecule has 4 rings (SSSR count). The van der Waals surface area contributed by atoms with E-state index in [1.807, 2.05) is 0 Å². The second kappa shape index (κ2) is 8.22. The highest BCUT2D eigenvalue weighted by atomic mass is 35.5. The summed E-state index contributed by atoms with van der Waals surface area (Å²) in [6, 6.07) is 6.27. The third-order valence-corrected chi connectivity index (χ3v) is 5.67. The van der Waals surface area contributed by atoms with Crippen molar-refractivity contribution in [2.75, 3.05) is 23.3 Å². The van der Waals surface area contributed by atoms with Crippen molar-refractivity contribution >= 4 is 39.9 Å². The van der Waals surface area contributed by atoms with Crippen molar-refractivity contribution < 1.29 is 13.6 Å². The van der Waals surface area contributed by atoms with Crippen molar-refractivity contribution in [3.63, 3.8) is 0 Å². The quantitative estimate of drug-likeness (QED) is 0.629. The van der Waals surface area contributed by atoms with Gasteiger partial charge in [-0.2, -0.15) is 0 Å². The number of amides is 1. The molecular weight excluding hydrogens is 428 g/mol. The van der Waals surface area contributed by atoms with E-state index in [1.165, 1.54) is 18.5 Å². The van der Waals surface area contributed by atoms with Crippen LogP contribution in [0.4, 0.5) is 20.3 Å². The number of aromatic nitrogens is 3. The molecule has 2 aromatic heterocycles. The Labute approximate surface area is 181 Å². The number of benzene rings is 1. The first kappa shape index (κ1) is 21.2. The van der Waals surface area contributed by atoms with Gasteiger partial charge in [-0.25, -0.2) is 18.7 Å². The van der Waals surface area contributed by atoms with Crippen molar-refractivity contribution in [2.24, 2.45) is 0 Å². The lowest BCUT2D eigenvalue weighted by molar-refractivity contribution is -0.0102. The number of rotatable bonds is 3. The molecule has 0 bridgehead atoms. The van der Waals surface area contributed by atoms with Gasteiger partial charge in [-0.3, -0.25) is 9.59 Å². The Bertz CT molecular complexity index is 1210. The molecule has 1 aliphatic rings. The molecule has 3 heterocycles. The van der Waals surface area contributed by atoms with Crippen LogP contribution in [0.3, 0.4) is 0 Å². The van der Waals surface area contributed by atoms with Gasteiger partial charge in [0.1, 0.15) is 5.82 Å². The molecule has 1 amide bonds. The molecule has 7 nitrogen and oxygen atoms in total. The Kier molecular flexibility index (Phi) is 5.62. The maximum absolute atomic E-state index is 13.8. The number of H-pyrrole nitrogens is 1. The first-order chi connectivity index (χ1) is 14.7. The zero-order chi connectivity index (χ0) is 22.2. The summed E-state index contributed by atoms with van der Waals surface area (Å²) in [5.74, 6) is -2.91. The summed E-state index contributed by atoms with van der Waals surface area (Å²) in [6.07, 6.45) is 1.09. The largest absolute Gasteiger partial charge is 0.356 e. The summed E-state index contributed by atoms with van der Waals surface area (Å²) >= 11 is 6.21. The molecule has 2 N–H and O–H groups in total. The molecule has 10 heteroatoms. The average Bonchev–Trinajstić information content (AvgIpc) is 2.90. The lowest BCUT2D eigenvalue weighted by Crippen LogP contribution is -2.29. The van der Waals surface area contributed by atoms with Gasteiger partial charge in [-0.15, -0.1) is 0 Å². The topological polar surface area (TPSA) is 91.0 Å². The van der Waals surface area contributed by atoms with Crippen LogP contribution in [0.2, 0.25) is 5.02 Å². The highest BCUT2D eigenvalue weighted by molar-refractivity contribution is 6.31. The van der Waals surface area contributed by atoms with Crippen LogP contribution >= 0.6 is 11.6 Å². The van der Waals surface area contributed by atoms with E-state index < -0.39 is 11.8 Å². The maximum atomic E-state index is 13.8. The summed E-state index contributed by atoms with van der Waals surface area (Å²) in [6.45, 7) is 2.14. The Balaban J connectivity index is 1.67. The molecule has 0 saturated carbocycles. The van der Waals surface area contributed by atoms with E-state index in [9.17, 15) is 18.4 Å². The summed E-state index contributed by atoms with van der Waals surface area (Å²) in [5, 5.41) is 3.37. The minimum absolute atomic E-state index is 0.0817. The summed E-state index contributed by atoms with van der Waals surface area (Å²) in [7, 11) is 0. The number of hydrogen-bond acceptors (Lipinski definition) is 5. The fourth-order valence-electron chi connectivity index (χ4n) is 3.60. The van der Waals surface area contributed by atoms with Gasteiger partial charge in [0.05, 0.1) is 33.5 Å². The zero-order valence-corrected chi connectivity index (χ0v) is 17.5. The lowest BCUT2D eigenvalue weighted by atomic mass is 10.1. The van der Waals surface area contributed by atoms with Gasteiger partial charge < -0.3 is 15.2 Å². The van der Waals surface area contributed by atoms with Crippen LogP contribution in [0.5, 0.6) is 0 Å². The van der Waals surface area contributed by atoms with Gasteiger partial charge in [0, 0.05) is 31.6 Å². The van der Waals surface area contributed by atoms with Crippen LogP contribution in [0.15, 0.2) is 35.4 Å². The number of carbonyl (C=O) groups is 1. The summed E-state index contributed by atoms with van der Waals surface area (Å²) < 4.78 is 27.6. The van der Waals surface area contributed by atoms with Gasteiger partial charge in [0.2, 0.25) is 5.92 Å². The van der Waals surface area contributed by atoms with Crippen molar-refractivity contribution in [1.29, 1.82) is 0 Å². The fraction of sp³-hybridized carbons (Fsp3) is 0.333. The van der Waals surface area contributed by atoms with Crippen molar-refractivity contribution in [1.82, 2.24) is 15.0 Å². The van der Waals surface area contributed by atoms with E-state index >= 15 is 0 Å². The number of hydrogen-bond donors (Lipinski definition) is 2. The molecule has 0 radical (unpaired) electrons. The Morgan fingerprint density at radius 1 is 1.26 bits per heavy atom. The molecular formula is C21H20ClF2N5O2. The van der Waals surface area contributed by atoms with Crippen LogP contribution in [0, 0.1) is 6.92 Å². The third-order valence-electron chi connectivity index (χ3n) is 5.29. The zero-order valence-electron chi connectivity index (χ0n) is 16.7. The molecule has 162 valence electrons. The first-order valence-corrected chi connectivity index (χ1v) is 10.2. The molecule has 0 unspecified atom stereocenters. The van der Waals surface area contributed by atoms with Crippen LogP contribution in [-0.2, 0) is 0 Å². The molecule has 1 fully saturated rings. The number of aryl methyl sites for hydroxylation is 1. The molecule has 0 aliphatic carbocycles. The summed E-state index contributed by atoms with van der Waals surface area (Å²) in [5.41, 5.74) is 1.25. The predicted molar refractivity (Wildman–Crippen MR) is 115 cm³/mol. The van der Waals surface area contributed by atoms with Gasteiger partial charge in [0.25, 0.3) is 11.5 Å². The molecule has 1 saturated heterocycles. The molecule has 3 aromatic rings. The molecule has 1 aromatic carbocycles. The van der Waals surface area contributed by atoms with E-state index in [2.05, 4.69) is 20.3 Å². The third kappa shape index (κ3) is 4.51. The minimum Gasteiger partial charge on any atom is -0.356 e. The van der Waals surface area contributed by atoms with E-state index in [0.717, 1.165) is 0 Å². The van der Waals surface area contributed by atoms with Crippen LogP contribution < -0.4 is 15.8 Å². The SMILES string of the molecule is Cc1nc(N2CCCC(F)(F)CC2)c(C(=O)Nc2ccc3nc[nH]c(=O)c3c2)cc1Cl. The molecule has 31 heavy (non-hydrogen) atoms. The smallest absolute Gasteiger partial charge is 0.259 e. The van der Waals surface area contributed by atoms with Crippen molar-refractivity contribution in [3.05, 3.63) is 57.2 Å². The first-order valence-electron chi connectivity index (χ1n) is 9.82. The van der Waals surface area contributed by atoms with Crippen molar-refractivity contribution in [3.8, 4) is 0 Å². The normalized spacial score (nSPS) is 16.2. The number of aromatic amines is 1. The van der Waals surface area contributed by atoms with E-state index in [0.29, 0.717) is 39.7 Å². The monoisotopic (exact) mass is 447 g/mol. The number of carbonyl (C=O) groups excluding carboxylic acids is 1. The van der Waals surface area contributed by atoms with Crippen LogP contribution in [0.25, 0.3) is 10.9 Å². The lowest BCUT2D eigenvalue weighted by Gasteiger charge is -2.24. The van der Waals surface area contributed by atoms with Gasteiger partial charge in [-0.1, -0.05) is 11.6 Å². The second-order valence-corrected chi connectivity index (χ2v) is 7.95. The maximum Gasteiger partial charge on any atom is 0.259 e. The number of alkyl halides is 2. The van der Waals surface area contributed by atoms with E-state index in [-0.39, 0.29) is 36.9 Å². The van der Waals surface area contributed by atoms with Crippen molar-refractivity contribution in [2.45, 2.75) is 32.1 Å². The predicted octanol–water partition coefficient (Wildman–Crippen LogP) is 4.16. The number of nitrogens with zero attached hydrogens (tertiary/aromatic N) is 3. The number of pyridine rings is 1. The van der Waals surface area contributed by atoms with Gasteiger partial charge in [0.15, 0.2) is 0 Å². The van der Waals surface area contributed by atoms with E-state index in [1.54, 1.807) is 24.0 Å². The highest BCUT2D eigenvalue weighted by Crippen LogP contribution is 2.32.